The maximum Gasteiger partial charge on any atom is 0.237 e. The van der Waals surface area contributed by atoms with E-state index in [1.165, 1.54) is 0 Å². The third kappa shape index (κ3) is 5.50. The van der Waals surface area contributed by atoms with E-state index in [0.29, 0.717) is 6.42 Å². The van der Waals surface area contributed by atoms with Gasteiger partial charge in [-0.25, -0.2) is 0 Å². The van der Waals surface area contributed by atoms with Gasteiger partial charge in [0, 0.05) is 0 Å². The van der Waals surface area contributed by atoms with Crippen molar-refractivity contribution >= 4 is 11.8 Å². The van der Waals surface area contributed by atoms with Gasteiger partial charge in [-0.2, -0.15) is 0 Å². The number of rotatable bonds is 7. The van der Waals surface area contributed by atoms with Crippen LogP contribution in [0.15, 0.2) is 30.3 Å². The molecule has 0 saturated heterocycles. The monoisotopic (exact) mass is 265 g/mol. The molecule has 0 aliphatic heterocycles. The highest BCUT2D eigenvalue weighted by atomic mass is 16.3. The van der Waals surface area contributed by atoms with Crippen molar-refractivity contribution in [1.29, 1.82) is 0 Å². The second-order valence-electron chi connectivity index (χ2n) is 4.35. The van der Waals surface area contributed by atoms with E-state index in [-0.39, 0.29) is 13.0 Å². The average Bonchev–Trinajstić information content (AvgIpc) is 2.38. The van der Waals surface area contributed by atoms with Gasteiger partial charge in [-0.1, -0.05) is 30.3 Å². The van der Waals surface area contributed by atoms with E-state index in [2.05, 4.69) is 5.32 Å². The van der Waals surface area contributed by atoms with Crippen molar-refractivity contribution in [3.8, 4) is 0 Å². The number of amides is 2. The average molecular weight is 265 g/mol. The van der Waals surface area contributed by atoms with E-state index >= 15 is 0 Å². The molecule has 0 aromatic heterocycles. The first kappa shape index (κ1) is 15.1. The fourth-order valence-corrected chi connectivity index (χ4v) is 1.68. The molecule has 6 heteroatoms. The number of hydrogen-bond donors (Lipinski definition) is 4. The molecule has 0 bridgehead atoms. The molecule has 2 atom stereocenters. The molecule has 2 amide bonds. The van der Waals surface area contributed by atoms with Crippen molar-refractivity contribution in [3.63, 3.8) is 0 Å². The smallest absolute Gasteiger partial charge is 0.237 e. The summed E-state index contributed by atoms with van der Waals surface area (Å²) >= 11 is 0. The first-order valence-corrected chi connectivity index (χ1v) is 6.02. The predicted octanol–water partition coefficient (Wildman–Crippen LogP) is -1.09. The Morgan fingerprint density at radius 2 is 1.89 bits per heavy atom. The van der Waals surface area contributed by atoms with E-state index < -0.39 is 23.9 Å². The third-order valence-corrected chi connectivity index (χ3v) is 2.65. The van der Waals surface area contributed by atoms with Crippen molar-refractivity contribution in [2.45, 2.75) is 24.9 Å². The van der Waals surface area contributed by atoms with Crippen LogP contribution in [0.3, 0.4) is 0 Å². The Bertz CT molecular complexity index is 422. The van der Waals surface area contributed by atoms with E-state index in [9.17, 15) is 14.7 Å². The van der Waals surface area contributed by atoms with Crippen LogP contribution in [0.2, 0.25) is 0 Å². The quantitative estimate of drug-likeness (QED) is 0.501. The number of aliphatic hydroxyl groups is 1. The maximum atomic E-state index is 11.7. The molecule has 0 spiro atoms. The Balaban J connectivity index is 2.52. The van der Waals surface area contributed by atoms with Gasteiger partial charge in [-0.05, 0) is 12.0 Å². The van der Waals surface area contributed by atoms with Crippen LogP contribution in [0.25, 0.3) is 0 Å². The van der Waals surface area contributed by atoms with Crippen molar-refractivity contribution in [2.75, 3.05) is 6.61 Å². The fourth-order valence-electron chi connectivity index (χ4n) is 1.68. The molecule has 1 rings (SSSR count). The van der Waals surface area contributed by atoms with Crippen LogP contribution in [-0.4, -0.2) is 35.6 Å². The fraction of sp³-hybridized carbons (Fsp3) is 0.385. The molecule has 0 radical (unpaired) electrons. The first-order chi connectivity index (χ1) is 9.02. The van der Waals surface area contributed by atoms with E-state index in [1.807, 2.05) is 30.3 Å². The topological polar surface area (TPSA) is 118 Å². The van der Waals surface area contributed by atoms with Crippen LogP contribution in [0.4, 0.5) is 0 Å². The molecule has 1 aromatic carbocycles. The number of carbonyl (C=O) groups excluding carboxylic acids is 2. The Hall–Kier alpha value is -1.92. The van der Waals surface area contributed by atoms with Crippen LogP contribution >= 0.6 is 0 Å². The molecule has 0 saturated carbocycles. The summed E-state index contributed by atoms with van der Waals surface area (Å²) in [6, 6.07) is 8.03. The lowest BCUT2D eigenvalue weighted by atomic mass is 10.1. The minimum Gasteiger partial charge on any atom is -0.394 e. The summed E-state index contributed by atoms with van der Waals surface area (Å²) < 4.78 is 0. The number of primary amides is 1. The van der Waals surface area contributed by atoms with Crippen LogP contribution < -0.4 is 16.8 Å². The summed E-state index contributed by atoms with van der Waals surface area (Å²) in [6.07, 6.45) is 0.279. The number of benzene rings is 1. The number of nitrogens with two attached hydrogens (primary N) is 2. The number of aliphatic hydroxyl groups excluding tert-OH is 1. The Morgan fingerprint density at radius 3 is 2.42 bits per heavy atom. The van der Waals surface area contributed by atoms with Gasteiger partial charge in [0.25, 0.3) is 0 Å². The maximum absolute atomic E-state index is 11.7. The van der Waals surface area contributed by atoms with E-state index in [1.54, 1.807) is 0 Å². The van der Waals surface area contributed by atoms with Crippen LogP contribution in [-0.2, 0) is 16.0 Å². The standard InChI is InChI=1S/C13H19N3O3/c14-11(7-12(15)18)13(19)16-10(8-17)6-9-4-2-1-3-5-9/h1-5,10-11,17H,6-8,14H2,(H2,15,18)(H,16,19). The van der Waals surface area contributed by atoms with Gasteiger partial charge in [0.05, 0.1) is 25.1 Å². The van der Waals surface area contributed by atoms with E-state index in [0.717, 1.165) is 5.56 Å². The normalized spacial score (nSPS) is 13.6. The lowest BCUT2D eigenvalue weighted by molar-refractivity contribution is -0.127. The Morgan fingerprint density at radius 1 is 1.26 bits per heavy atom. The Labute approximate surface area is 111 Å². The summed E-state index contributed by atoms with van der Waals surface area (Å²) in [4.78, 5) is 22.4. The first-order valence-electron chi connectivity index (χ1n) is 6.02. The van der Waals surface area contributed by atoms with Gasteiger partial charge in [-0.3, -0.25) is 9.59 Å². The zero-order valence-corrected chi connectivity index (χ0v) is 10.6. The minimum atomic E-state index is -0.984. The highest BCUT2D eigenvalue weighted by Gasteiger charge is 2.19. The van der Waals surface area contributed by atoms with Crippen LogP contribution in [0, 0.1) is 0 Å². The summed E-state index contributed by atoms with van der Waals surface area (Å²) in [5.41, 5.74) is 11.5. The molecule has 0 aliphatic carbocycles. The van der Waals surface area contributed by atoms with E-state index in [4.69, 9.17) is 11.5 Å². The van der Waals surface area contributed by atoms with Gasteiger partial charge in [0.2, 0.25) is 11.8 Å². The summed E-state index contributed by atoms with van der Waals surface area (Å²) in [6.45, 7) is -0.204. The SMILES string of the molecule is NC(=O)CC(N)C(=O)NC(CO)Cc1ccccc1. The van der Waals surface area contributed by atoms with Crippen LogP contribution in [0.5, 0.6) is 0 Å². The molecule has 0 heterocycles. The van der Waals surface area contributed by atoms with Gasteiger partial charge in [0.15, 0.2) is 0 Å². The molecular weight excluding hydrogens is 246 g/mol. The van der Waals surface area contributed by atoms with Gasteiger partial charge in [-0.15, -0.1) is 0 Å². The predicted molar refractivity (Wildman–Crippen MR) is 70.9 cm³/mol. The van der Waals surface area contributed by atoms with Crippen molar-refractivity contribution in [2.24, 2.45) is 11.5 Å². The molecule has 1 aromatic rings. The number of carbonyl (C=O) groups is 2. The lowest BCUT2D eigenvalue weighted by Gasteiger charge is -2.18. The third-order valence-electron chi connectivity index (χ3n) is 2.65. The zero-order chi connectivity index (χ0) is 14.3. The summed E-state index contributed by atoms with van der Waals surface area (Å²) in [5, 5.41) is 11.9. The van der Waals surface area contributed by atoms with Gasteiger partial charge >= 0.3 is 0 Å². The molecule has 6 N–H and O–H groups in total. The van der Waals surface area contributed by atoms with Gasteiger partial charge in [0.1, 0.15) is 0 Å². The molecule has 19 heavy (non-hydrogen) atoms. The van der Waals surface area contributed by atoms with Crippen molar-refractivity contribution in [3.05, 3.63) is 35.9 Å². The minimum absolute atomic E-state index is 0.204. The highest BCUT2D eigenvalue weighted by Crippen LogP contribution is 2.03. The van der Waals surface area contributed by atoms with Crippen molar-refractivity contribution in [1.82, 2.24) is 5.32 Å². The number of nitrogens with one attached hydrogen (secondary N) is 1. The zero-order valence-electron chi connectivity index (χ0n) is 10.6. The van der Waals surface area contributed by atoms with Crippen molar-refractivity contribution < 1.29 is 14.7 Å². The Kier molecular flexibility index (Phi) is 5.98. The molecule has 2 unspecified atom stereocenters. The molecule has 0 aliphatic rings. The van der Waals surface area contributed by atoms with Crippen LogP contribution in [0.1, 0.15) is 12.0 Å². The summed E-state index contributed by atoms with van der Waals surface area (Å²) in [7, 11) is 0. The largest absolute Gasteiger partial charge is 0.394 e. The lowest BCUT2D eigenvalue weighted by Crippen LogP contribution is -2.48. The second kappa shape index (κ2) is 7.50. The highest BCUT2D eigenvalue weighted by molar-refractivity contribution is 5.87. The van der Waals surface area contributed by atoms with Gasteiger partial charge < -0.3 is 21.9 Å². The summed E-state index contributed by atoms with van der Waals surface area (Å²) in [5.74, 6) is -1.12. The molecular formula is C13H19N3O3. The molecule has 0 fully saturated rings. The molecule has 104 valence electrons. The number of hydrogen-bond acceptors (Lipinski definition) is 4. The molecule has 6 nitrogen and oxygen atoms in total. The second-order valence-corrected chi connectivity index (χ2v) is 4.35.